The van der Waals surface area contributed by atoms with Crippen molar-refractivity contribution in [2.24, 2.45) is 0 Å². The van der Waals surface area contributed by atoms with E-state index in [1.165, 1.54) is 17.0 Å². The highest BCUT2D eigenvalue weighted by Crippen LogP contribution is 2.34. The topological polar surface area (TPSA) is 58.6 Å². The number of anilines is 2. The van der Waals surface area contributed by atoms with E-state index >= 15 is 0 Å². The molecule has 1 aliphatic heterocycles. The summed E-state index contributed by atoms with van der Waals surface area (Å²) in [4.78, 5) is 25.7. The molecule has 1 aliphatic rings. The standard InChI is InChI=1S/C17H14BrFN2O3/c1-10-2-4-12(19)7-13(10)20-16(22)8-21-14-5-3-11(18)6-15(14)24-9-17(21)23/h2-7H,8-9H2,1H3,(H,20,22). The second-order valence-electron chi connectivity index (χ2n) is 5.39. The Morgan fingerprint density at radius 2 is 2.12 bits per heavy atom. The van der Waals surface area contributed by atoms with Crippen LogP contribution in [0.2, 0.25) is 0 Å². The Balaban J connectivity index is 1.79. The van der Waals surface area contributed by atoms with Crippen molar-refractivity contribution in [2.75, 3.05) is 23.4 Å². The van der Waals surface area contributed by atoms with E-state index in [-0.39, 0.29) is 19.1 Å². The van der Waals surface area contributed by atoms with Crippen molar-refractivity contribution >= 4 is 39.1 Å². The first-order chi connectivity index (χ1) is 11.4. The number of amides is 2. The molecule has 24 heavy (non-hydrogen) atoms. The summed E-state index contributed by atoms with van der Waals surface area (Å²) in [5.74, 6) is -0.629. The molecular weight excluding hydrogens is 379 g/mol. The van der Waals surface area contributed by atoms with Crippen LogP contribution in [0.4, 0.5) is 15.8 Å². The van der Waals surface area contributed by atoms with Gasteiger partial charge in [-0.15, -0.1) is 0 Å². The van der Waals surface area contributed by atoms with Crippen LogP contribution in [-0.2, 0) is 9.59 Å². The third kappa shape index (κ3) is 3.41. The van der Waals surface area contributed by atoms with E-state index in [0.29, 0.717) is 17.1 Å². The van der Waals surface area contributed by atoms with E-state index in [4.69, 9.17) is 4.74 Å². The molecule has 0 bridgehead atoms. The minimum absolute atomic E-state index is 0.129. The van der Waals surface area contributed by atoms with Gasteiger partial charge < -0.3 is 10.1 Å². The highest BCUT2D eigenvalue weighted by molar-refractivity contribution is 9.10. The zero-order valence-corrected chi connectivity index (χ0v) is 14.4. The van der Waals surface area contributed by atoms with E-state index in [2.05, 4.69) is 21.2 Å². The van der Waals surface area contributed by atoms with Crippen molar-refractivity contribution in [1.29, 1.82) is 0 Å². The summed E-state index contributed by atoms with van der Waals surface area (Å²) >= 11 is 3.34. The van der Waals surface area contributed by atoms with Gasteiger partial charge in [-0.25, -0.2) is 4.39 Å². The summed E-state index contributed by atoms with van der Waals surface area (Å²) in [6, 6.07) is 9.37. The average Bonchev–Trinajstić information content (AvgIpc) is 2.53. The predicted molar refractivity (Wildman–Crippen MR) is 91.8 cm³/mol. The SMILES string of the molecule is Cc1ccc(F)cc1NC(=O)CN1C(=O)COc2cc(Br)ccc21. The van der Waals surface area contributed by atoms with Crippen LogP contribution in [0.3, 0.4) is 0 Å². The lowest BCUT2D eigenvalue weighted by atomic mass is 10.2. The molecule has 0 spiro atoms. The summed E-state index contributed by atoms with van der Waals surface area (Å²) in [6.07, 6.45) is 0. The Morgan fingerprint density at radius 3 is 2.92 bits per heavy atom. The Morgan fingerprint density at radius 1 is 1.33 bits per heavy atom. The highest BCUT2D eigenvalue weighted by atomic mass is 79.9. The van der Waals surface area contributed by atoms with Crippen molar-refractivity contribution < 1.29 is 18.7 Å². The minimum Gasteiger partial charge on any atom is -0.482 e. The van der Waals surface area contributed by atoms with E-state index in [0.717, 1.165) is 10.0 Å². The lowest BCUT2D eigenvalue weighted by Gasteiger charge is -2.29. The van der Waals surface area contributed by atoms with Gasteiger partial charge in [0.1, 0.15) is 18.1 Å². The van der Waals surface area contributed by atoms with Crippen molar-refractivity contribution in [3.05, 3.63) is 52.3 Å². The molecule has 0 saturated heterocycles. The summed E-state index contributed by atoms with van der Waals surface area (Å²) in [6.45, 7) is 1.46. The van der Waals surface area contributed by atoms with Crippen molar-refractivity contribution in [1.82, 2.24) is 0 Å². The zero-order chi connectivity index (χ0) is 17.3. The second-order valence-corrected chi connectivity index (χ2v) is 6.30. The molecule has 0 saturated carbocycles. The van der Waals surface area contributed by atoms with Gasteiger partial charge in [0.05, 0.1) is 5.69 Å². The van der Waals surface area contributed by atoms with Crippen LogP contribution in [0.25, 0.3) is 0 Å². The second kappa shape index (κ2) is 6.60. The van der Waals surface area contributed by atoms with Crippen LogP contribution < -0.4 is 15.0 Å². The van der Waals surface area contributed by atoms with Gasteiger partial charge in [0.15, 0.2) is 6.61 Å². The molecule has 2 amide bonds. The Labute approximate surface area is 146 Å². The number of aryl methyl sites for hydroxylation is 1. The molecule has 0 aromatic heterocycles. The molecule has 1 N–H and O–H groups in total. The number of hydrogen-bond donors (Lipinski definition) is 1. The molecule has 0 unspecified atom stereocenters. The molecule has 0 fully saturated rings. The van der Waals surface area contributed by atoms with Crippen LogP contribution >= 0.6 is 15.9 Å². The van der Waals surface area contributed by atoms with Gasteiger partial charge >= 0.3 is 0 Å². The molecule has 124 valence electrons. The molecular formula is C17H14BrFN2O3. The van der Waals surface area contributed by atoms with Gasteiger partial charge in [-0.1, -0.05) is 22.0 Å². The largest absolute Gasteiger partial charge is 0.482 e. The fraction of sp³-hybridized carbons (Fsp3) is 0.176. The number of nitrogens with zero attached hydrogens (tertiary/aromatic N) is 1. The molecule has 1 heterocycles. The van der Waals surface area contributed by atoms with Crippen LogP contribution in [-0.4, -0.2) is 25.0 Å². The number of nitrogens with one attached hydrogen (secondary N) is 1. The molecule has 7 heteroatoms. The zero-order valence-electron chi connectivity index (χ0n) is 12.8. The van der Waals surface area contributed by atoms with Gasteiger partial charge in [-0.2, -0.15) is 0 Å². The maximum absolute atomic E-state index is 13.3. The van der Waals surface area contributed by atoms with Crippen LogP contribution in [0, 0.1) is 12.7 Å². The summed E-state index contributed by atoms with van der Waals surface area (Å²) in [5.41, 5.74) is 1.65. The molecule has 0 aliphatic carbocycles. The summed E-state index contributed by atoms with van der Waals surface area (Å²) < 4.78 is 19.5. The number of rotatable bonds is 3. The Hall–Kier alpha value is -2.41. The van der Waals surface area contributed by atoms with Crippen LogP contribution in [0.5, 0.6) is 5.75 Å². The van der Waals surface area contributed by atoms with Gasteiger partial charge in [0, 0.05) is 10.2 Å². The smallest absolute Gasteiger partial charge is 0.265 e. The molecule has 0 atom stereocenters. The van der Waals surface area contributed by atoms with Crippen molar-refractivity contribution in [3.63, 3.8) is 0 Å². The third-order valence-electron chi connectivity index (χ3n) is 3.64. The maximum Gasteiger partial charge on any atom is 0.265 e. The lowest BCUT2D eigenvalue weighted by molar-refractivity contribution is -0.123. The first-order valence-electron chi connectivity index (χ1n) is 7.23. The Kier molecular flexibility index (Phi) is 4.53. The molecule has 2 aromatic rings. The third-order valence-corrected chi connectivity index (χ3v) is 4.13. The number of halogens is 2. The number of fused-ring (bicyclic) bond motifs is 1. The number of ether oxygens (including phenoxy) is 1. The number of benzene rings is 2. The first-order valence-corrected chi connectivity index (χ1v) is 8.02. The van der Waals surface area contributed by atoms with E-state index in [1.807, 2.05) is 0 Å². The number of carbonyl (C=O) groups excluding carboxylic acids is 2. The quantitative estimate of drug-likeness (QED) is 0.871. The van der Waals surface area contributed by atoms with Crippen LogP contribution in [0.1, 0.15) is 5.56 Å². The van der Waals surface area contributed by atoms with Gasteiger partial charge in [0.25, 0.3) is 5.91 Å². The maximum atomic E-state index is 13.3. The fourth-order valence-electron chi connectivity index (χ4n) is 2.41. The van der Waals surface area contributed by atoms with Gasteiger partial charge in [0.2, 0.25) is 5.91 Å². The van der Waals surface area contributed by atoms with Crippen molar-refractivity contribution in [3.8, 4) is 5.75 Å². The molecule has 5 nitrogen and oxygen atoms in total. The monoisotopic (exact) mass is 392 g/mol. The van der Waals surface area contributed by atoms with E-state index in [1.54, 1.807) is 31.2 Å². The fourth-order valence-corrected chi connectivity index (χ4v) is 2.75. The van der Waals surface area contributed by atoms with E-state index < -0.39 is 11.7 Å². The summed E-state index contributed by atoms with van der Waals surface area (Å²) in [5, 5.41) is 2.64. The van der Waals surface area contributed by atoms with Gasteiger partial charge in [-0.3, -0.25) is 14.5 Å². The summed E-state index contributed by atoms with van der Waals surface area (Å²) in [7, 11) is 0. The highest BCUT2D eigenvalue weighted by Gasteiger charge is 2.27. The van der Waals surface area contributed by atoms with Crippen molar-refractivity contribution in [2.45, 2.75) is 6.92 Å². The molecule has 3 rings (SSSR count). The normalized spacial score (nSPS) is 13.3. The Bertz CT molecular complexity index is 825. The minimum atomic E-state index is -0.437. The predicted octanol–water partition coefficient (Wildman–Crippen LogP) is 3.26. The van der Waals surface area contributed by atoms with Gasteiger partial charge in [-0.05, 0) is 42.8 Å². The number of hydrogen-bond acceptors (Lipinski definition) is 3. The lowest BCUT2D eigenvalue weighted by Crippen LogP contribution is -2.43. The molecule has 0 radical (unpaired) electrons. The molecule has 2 aromatic carbocycles. The average molecular weight is 393 g/mol. The van der Waals surface area contributed by atoms with Crippen LogP contribution in [0.15, 0.2) is 40.9 Å². The number of carbonyl (C=O) groups is 2. The van der Waals surface area contributed by atoms with E-state index in [9.17, 15) is 14.0 Å². The first kappa shape index (κ1) is 16.4.